The summed E-state index contributed by atoms with van der Waals surface area (Å²) in [5, 5.41) is 0.931. The van der Waals surface area contributed by atoms with Crippen LogP contribution in [0.5, 0.6) is 11.5 Å². The molecule has 0 amide bonds. The summed E-state index contributed by atoms with van der Waals surface area (Å²) in [6.45, 7) is 7.13. The SMILES string of the molecule is CCN1CCN(c2c(C(=O)c3ccccc3)cnc3cc4c(cc23)OCO4)CC1.Cl. The lowest BCUT2D eigenvalue weighted by molar-refractivity contribution is 0.103. The minimum Gasteiger partial charge on any atom is -0.454 e. The molecule has 0 saturated carbocycles. The number of ketones is 1. The van der Waals surface area contributed by atoms with E-state index in [2.05, 4.69) is 21.7 Å². The molecular weight excluding hydrogens is 402 g/mol. The zero-order valence-electron chi connectivity index (χ0n) is 16.8. The van der Waals surface area contributed by atoms with Crippen LogP contribution in [0.3, 0.4) is 0 Å². The second-order valence-electron chi connectivity index (χ2n) is 7.36. The average Bonchev–Trinajstić information content (AvgIpc) is 3.24. The Morgan fingerprint density at radius 1 is 1.03 bits per heavy atom. The summed E-state index contributed by atoms with van der Waals surface area (Å²) >= 11 is 0. The molecule has 0 unspecified atom stereocenters. The molecule has 3 heterocycles. The molecule has 2 aliphatic heterocycles. The maximum Gasteiger partial charge on any atom is 0.231 e. The van der Waals surface area contributed by atoms with Gasteiger partial charge in [-0.2, -0.15) is 0 Å². The number of piperazine rings is 1. The smallest absolute Gasteiger partial charge is 0.231 e. The van der Waals surface area contributed by atoms with Crippen molar-refractivity contribution in [3.8, 4) is 11.5 Å². The molecule has 156 valence electrons. The number of carbonyl (C=O) groups is 1. The van der Waals surface area contributed by atoms with E-state index < -0.39 is 0 Å². The Hall–Kier alpha value is -2.83. The monoisotopic (exact) mass is 425 g/mol. The van der Waals surface area contributed by atoms with Crippen molar-refractivity contribution in [2.45, 2.75) is 6.92 Å². The summed E-state index contributed by atoms with van der Waals surface area (Å²) in [6.07, 6.45) is 1.71. The third-order valence-corrected chi connectivity index (χ3v) is 5.75. The lowest BCUT2D eigenvalue weighted by Gasteiger charge is -2.36. The molecule has 0 atom stereocenters. The van der Waals surface area contributed by atoms with Crippen molar-refractivity contribution < 1.29 is 14.3 Å². The van der Waals surface area contributed by atoms with Crippen LogP contribution < -0.4 is 14.4 Å². The molecule has 2 aliphatic rings. The predicted octanol–water partition coefficient (Wildman–Crippen LogP) is 3.76. The fourth-order valence-corrected chi connectivity index (χ4v) is 4.11. The minimum atomic E-state index is -0.00871. The van der Waals surface area contributed by atoms with Crippen LogP contribution in [0.1, 0.15) is 22.8 Å². The van der Waals surface area contributed by atoms with E-state index in [4.69, 9.17) is 9.47 Å². The van der Waals surface area contributed by atoms with E-state index in [0.717, 1.165) is 49.3 Å². The highest BCUT2D eigenvalue weighted by molar-refractivity contribution is 6.16. The molecule has 0 aliphatic carbocycles. The van der Waals surface area contributed by atoms with Crippen LogP contribution >= 0.6 is 12.4 Å². The van der Waals surface area contributed by atoms with Gasteiger partial charge < -0.3 is 19.3 Å². The van der Waals surface area contributed by atoms with Gasteiger partial charge in [0.15, 0.2) is 17.3 Å². The van der Waals surface area contributed by atoms with Gasteiger partial charge in [-0.05, 0) is 12.6 Å². The van der Waals surface area contributed by atoms with Gasteiger partial charge in [-0.25, -0.2) is 0 Å². The number of likely N-dealkylation sites (N-methyl/N-ethyl adjacent to an activating group) is 1. The van der Waals surface area contributed by atoms with E-state index in [1.54, 1.807) is 6.20 Å². The van der Waals surface area contributed by atoms with Crippen molar-refractivity contribution in [1.29, 1.82) is 0 Å². The summed E-state index contributed by atoms with van der Waals surface area (Å²) in [7, 11) is 0. The van der Waals surface area contributed by atoms with E-state index >= 15 is 0 Å². The number of nitrogens with zero attached hydrogens (tertiary/aromatic N) is 3. The normalized spacial score (nSPS) is 15.8. The van der Waals surface area contributed by atoms with Crippen molar-refractivity contribution >= 4 is 34.8 Å². The Bertz CT molecular complexity index is 1070. The summed E-state index contributed by atoms with van der Waals surface area (Å²) in [6, 6.07) is 13.3. The number of anilines is 1. The van der Waals surface area contributed by atoms with E-state index in [1.165, 1.54) is 0 Å². The first-order valence-electron chi connectivity index (χ1n) is 10.0. The zero-order valence-corrected chi connectivity index (χ0v) is 17.7. The molecule has 6 nitrogen and oxygen atoms in total. The van der Waals surface area contributed by atoms with E-state index in [0.29, 0.717) is 22.6 Å². The fourth-order valence-electron chi connectivity index (χ4n) is 4.11. The lowest BCUT2D eigenvalue weighted by atomic mass is 9.99. The number of carbonyl (C=O) groups excluding carboxylic acids is 1. The van der Waals surface area contributed by atoms with Gasteiger partial charge in [0.25, 0.3) is 0 Å². The van der Waals surface area contributed by atoms with Gasteiger partial charge in [-0.3, -0.25) is 9.78 Å². The third kappa shape index (κ3) is 3.57. The molecule has 1 fully saturated rings. The maximum absolute atomic E-state index is 13.4. The Morgan fingerprint density at radius 3 is 2.43 bits per heavy atom. The van der Waals surface area contributed by atoms with Crippen LogP contribution in [-0.4, -0.2) is 55.2 Å². The Kier molecular flexibility index (Phi) is 5.79. The molecule has 30 heavy (non-hydrogen) atoms. The Balaban J connectivity index is 0.00000218. The first kappa shape index (κ1) is 20.4. The molecule has 3 aromatic rings. The number of hydrogen-bond donors (Lipinski definition) is 0. The largest absolute Gasteiger partial charge is 0.454 e. The molecule has 0 radical (unpaired) electrons. The average molecular weight is 426 g/mol. The first-order valence-corrected chi connectivity index (χ1v) is 10.0. The zero-order chi connectivity index (χ0) is 19.8. The van der Waals surface area contributed by atoms with Crippen LogP contribution in [0.25, 0.3) is 10.9 Å². The van der Waals surface area contributed by atoms with Gasteiger partial charge in [0, 0.05) is 49.4 Å². The highest BCUT2D eigenvalue weighted by atomic mass is 35.5. The molecular formula is C23H24ClN3O3. The minimum absolute atomic E-state index is 0. The van der Waals surface area contributed by atoms with Crippen molar-refractivity contribution in [2.24, 2.45) is 0 Å². The van der Waals surface area contributed by atoms with Crippen LogP contribution in [0, 0.1) is 0 Å². The Labute approximate surface area is 181 Å². The third-order valence-electron chi connectivity index (χ3n) is 5.75. The molecule has 5 rings (SSSR count). The molecule has 7 heteroatoms. The fraction of sp³-hybridized carbons (Fsp3) is 0.304. The van der Waals surface area contributed by atoms with Crippen molar-refractivity contribution in [2.75, 3.05) is 44.4 Å². The van der Waals surface area contributed by atoms with Gasteiger partial charge in [-0.15, -0.1) is 12.4 Å². The van der Waals surface area contributed by atoms with E-state index in [-0.39, 0.29) is 25.0 Å². The summed E-state index contributed by atoms with van der Waals surface area (Å²) in [5.41, 5.74) is 3.06. The molecule has 1 saturated heterocycles. The highest BCUT2D eigenvalue weighted by Crippen LogP contribution is 2.40. The van der Waals surface area contributed by atoms with Crippen LogP contribution in [0.2, 0.25) is 0 Å². The molecule has 0 bridgehead atoms. The topological polar surface area (TPSA) is 54.9 Å². The van der Waals surface area contributed by atoms with Gasteiger partial charge in [0.05, 0.1) is 16.8 Å². The van der Waals surface area contributed by atoms with E-state index in [1.807, 2.05) is 42.5 Å². The Morgan fingerprint density at radius 2 is 1.73 bits per heavy atom. The van der Waals surface area contributed by atoms with Gasteiger partial charge in [0.1, 0.15) is 0 Å². The number of aromatic nitrogens is 1. The van der Waals surface area contributed by atoms with Crippen LogP contribution in [0.4, 0.5) is 5.69 Å². The number of benzene rings is 2. The number of hydrogen-bond acceptors (Lipinski definition) is 6. The summed E-state index contributed by atoms with van der Waals surface area (Å²) in [5.74, 6) is 1.40. The van der Waals surface area contributed by atoms with Gasteiger partial charge >= 0.3 is 0 Å². The summed E-state index contributed by atoms with van der Waals surface area (Å²) in [4.78, 5) is 22.7. The van der Waals surface area contributed by atoms with E-state index in [9.17, 15) is 4.79 Å². The standard InChI is InChI=1S/C23H23N3O3.ClH/c1-2-25-8-10-26(11-9-25)22-17-12-20-21(29-15-28-20)13-19(17)24-14-18(22)23(27)16-6-4-3-5-7-16;/h3-7,12-14H,2,8-11,15H2,1H3;1H. The molecule has 0 spiro atoms. The number of pyridine rings is 1. The number of rotatable bonds is 4. The summed E-state index contributed by atoms with van der Waals surface area (Å²) < 4.78 is 11.1. The van der Waals surface area contributed by atoms with Crippen LogP contribution in [-0.2, 0) is 0 Å². The number of fused-ring (bicyclic) bond motifs is 2. The first-order chi connectivity index (χ1) is 14.2. The van der Waals surface area contributed by atoms with Gasteiger partial charge in [0.2, 0.25) is 6.79 Å². The quantitative estimate of drug-likeness (QED) is 0.593. The lowest BCUT2D eigenvalue weighted by Crippen LogP contribution is -2.46. The second kappa shape index (κ2) is 8.50. The van der Waals surface area contributed by atoms with Crippen LogP contribution in [0.15, 0.2) is 48.7 Å². The van der Waals surface area contributed by atoms with Gasteiger partial charge in [-0.1, -0.05) is 37.3 Å². The highest BCUT2D eigenvalue weighted by Gasteiger charge is 2.26. The second-order valence-corrected chi connectivity index (χ2v) is 7.36. The molecule has 2 aromatic carbocycles. The van der Waals surface area contributed by atoms with Crippen molar-refractivity contribution in [1.82, 2.24) is 9.88 Å². The number of ether oxygens (including phenoxy) is 2. The predicted molar refractivity (Wildman–Crippen MR) is 119 cm³/mol. The number of halogens is 1. The van der Waals surface area contributed by atoms with Crippen molar-refractivity contribution in [3.63, 3.8) is 0 Å². The molecule has 0 N–H and O–H groups in total. The molecule has 1 aromatic heterocycles. The van der Waals surface area contributed by atoms with Crippen molar-refractivity contribution in [3.05, 3.63) is 59.8 Å². The maximum atomic E-state index is 13.4.